The molecule has 0 bridgehead atoms. The predicted molar refractivity (Wildman–Crippen MR) is 85.9 cm³/mol. The third kappa shape index (κ3) is 5.72. The molecule has 5 nitrogen and oxygen atoms in total. The van der Waals surface area contributed by atoms with Crippen LogP contribution in [0.15, 0.2) is 48.5 Å². The van der Waals surface area contributed by atoms with Crippen molar-refractivity contribution in [2.45, 2.75) is 13.0 Å². The van der Waals surface area contributed by atoms with Gasteiger partial charge in [0.2, 0.25) is 0 Å². The SMILES string of the molecule is COc1ccc(CNC(=O)COC(=O)Cc2ccc(F)cc2)cc1. The number of ether oxygens (including phenoxy) is 2. The Kier molecular flexibility index (Phi) is 6.31. The molecular weight excluding hydrogens is 313 g/mol. The molecule has 2 aromatic rings. The van der Waals surface area contributed by atoms with Crippen LogP contribution in [0.1, 0.15) is 11.1 Å². The van der Waals surface area contributed by atoms with Gasteiger partial charge in [-0.25, -0.2) is 4.39 Å². The summed E-state index contributed by atoms with van der Waals surface area (Å²) in [6.07, 6.45) is -0.00790. The van der Waals surface area contributed by atoms with E-state index in [0.717, 1.165) is 11.3 Å². The van der Waals surface area contributed by atoms with Crippen molar-refractivity contribution in [2.24, 2.45) is 0 Å². The zero-order valence-electron chi connectivity index (χ0n) is 13.3. The van der Waals surface area contributed by atoms with Crippen molar-refractivity contribution in [3.63, 3.8) is 0 Å². The van der Waals surface area contributed by atoms with Crippen LogP contribution in [0, 0.1) is 5.82 Å². The van der Waals surface area contributed by atoms with E-state index < -0.39 is 11.9 Å². The van der Waals surface area contributed by atoms with E-state index in [-0.39, 0.29) is 18.8 Å². The van der Waals surface area contributed by atoms with Crippen molar-refractivity contribution < 1.29 is 23.5 Å². The van der Waals surface area contributed by atoms with Crippen molar-refractivity contribution in [1.29, 1.82) is 0 Å². The molecule has 0 aromatic heterocycles. The number of benzene rings is 2. The van der Waals surface area contributed by atoms with Crippen LogP contribution in [-0.2, 0) is 27.3 Å². The normalized spacial score (nSPS) is 10.1. The van der Waals surface area contributed by atoms with Crippen LogP contribution >= 0.6 is 0 Å². The molecular formula is C18H18FNO4. The van der Waals surface area contributed by atoms with Gasteiger partial charge in [0.1, 0.15) is 11.6 Å². The minimum atomic E-state index is -0.541. The number of carbonyl (C=O) groups is 2. The topological polar surface area (TPSA) is 64.6 Å². The highest BCUT2D eigenvalue weighted by atomic mass is 19.1. The van der Waals surface area contributed by atoms with Crippen molar-refractivity contribution in [3.05, 3.63) is 65.5 Å². The van der Waals surface area contributed by atoms with Gasteiger partial charge in [-0.05, 0) is 35.4 Å². The fourth-order valence-electron chi connectivity index (χ4n) is 1.96. The molecule has 0 atom stereocenters. The Bertz CT molecular complexity index is 683. The van der Waals surface area contributed by atoms with E-state index in [9.17, 15) is 14.0 Å². The molecule has 0 radical (unpaired) electrons. The second-order valence-corrected chi connectivity index (χ2v) is 5.09. The summed E-state index contributed by atoms with van der Waals surface area (Å²) in [7, 11) is 1.58. The van der Waals surface area contributed by atoms with Gasteiger partial charge in [-0.2, -0.15) is 0 Å². The summed E-state index contributed by atoms with van der Waals surface area (Å²) in [6, 6.07) is 12.8. The smallest absolute Gasteiger partial charge is 0.310 e. The molecule has 0 saturated carbocycles. The summed E-state index contributed by atoms with van der Waals surface area (Å²) in [5.74, 6) is -0.565. The molecule has 0 aliphatic rings. The van der Waals surface area contributed by atoms with Gasteiger partial charge in [0.15, 0.2) is 6.61 Å². The third-order valence-electron chi connectivity index (χ3n) is 3.27. The maximum absolute atomic E-state index is 12.8. The van der Waals surface area contributed by atoms with Crippen molar-refractivity contribution in [3.8, 4) is 5.75 Å². The summed E-state index contributed by atoms with van der Waals surface area (Å²) in [5, 5.41) is 2.66. The van der Waals surface area contributed by atoms with Gasteiger partial charge in [-0.1, -0.05) is 24.3 Å². The standard InChI is InChI=1S/C18H18FNO4/c1-23-16-8-4-14(5-9-16)11-20-17(21)12-24-18(22)10-13-2-6-15(19)7-3-13/h2-9H,10-12H2,1H3,(H,20,21). The maximum atomic E-state index is 12.8. The van der Waals surface area contributed by atoms with E-state index in [2.05, 4.69) is 5.32 Å². The molecule has 0 heterocycles. The highest BCUT2D eigenvalue weighted by molar-refractivity contribution is 5.81. The largest absolute Gasteiger partial charge is 0.497 e. The molecule has 0 spiro atoms. The van der Waals surface area contributed by atoms with Crippen LogP contribution in [-0.4, -0.2) is 25.6 Å². The second kappa shape index (κ2) is 8.67. The Morgan fingerprint density at radius 3 is 2.25 bits per heavy atom. The molecule has 0 saturated heterocycles. The number of halogens is 1. The number of rotatable bonds is 7. The van der Waals surface area contributed by atoms with Crippen molar-refractivity contribution in [1.82, 2.24) is 5.32 Å². The lowest BCUT2D eigenvalue weighted by Gasteiger charge is -2.07. The lowest BCUT2D eigenvalue weighted by molar-refractivity contribution is -0.147. The van der Waals surface area contributed by atoms with Crippen LogP contribution in [0.4, 0.5) is 4.39 Å². The minimum Gasteiger partial charge on any atom is -0.497 e. The number of esters is 1. The number of amides is 1. The maximum Gasteiger partial charge on any atom is 0.310 e. The van der Waals surface area contributed by atoms with Crippen molar-refractivity contribution >= 4 is 11.9 Å². The summed E-state index contributed by atoms with van der Waals surface area (Å²) < 4.78 is 22.7. The highest BCUT2D eigenvalue weighted by Crippen LogP contribution is 2.10. The molecule has 0 aliphatic heterocycles. The lowest BCUT2D eigenvalue weighted by atomic mass is 10.1. The second-order valence-electron chi connectivity index (χ2n) is 5.09. The molecule has 24 heavy (non-hydrogen) atoms. The highest BCUT2D eigenvalue weighted by Gasteiger charge is 2.08. The van der Waals surface area contributed by atoms with E-state index in [1.165, 1.54) is 24.3 Å². The Labute approximate surface area is 139 Å². The van der Waals surface area contributed by atoms with Gasteiger partial charge < -0.3 is 14.8 Å². The number of hydrogen-bond donors (Lipinski definition) is 1. The van der Waals surface area contributed by atoms with Crippen LogP contribution in [0.2, 0.25) is 0 Å². The minimum absolute atomic E-state index is 0.00790. The van der Waals surface area contributed by atoms with E-state index in [0.29, 0.717) is 12.1 Å². The Hall–Kier alpha value is -2.89. The van der Waals surface area contributed by atoms with Gasteiger partial charge in [0.05, 0.1) is 13.5 Å². The van der Waals surface area contributed by atoms with E-state index >= 15 is 0 Å². The predicted octanol–water partition coefficient (Wildman–Crippen LogP) is 2.24. The summed E-state index contributed by atoms with van der Waals surface area (Å²) in [5.41, 5.74) is 1.53. The summed E-state index contributed by atoms with van der Waals surface area (Å²) in [4.78, 5) is 23.3. The monoisotopic (exact) mass is 331 g/mol. The molecule has 1 N–H and O–H groups in total. The first kappa shape index (κ1) is 17.5. The molecule has 2 rings (SSSR count). The lowest BCUT2D eigenvalue weighted by Crippen LogP contribution is -2.28. The first-order valence-electron chi connectivity index (χ1n) is 7.36. The fourth-order valence-corrected chi connectivity index (χ4v) is 1.96. The van der Waals surface area contributed by atoms with Crippen molar-refractivity contribution in [2.75, 3.05) is 13.7 Å². The molecule has 1 amide bonds. The Morgan fingerprint density at radius 1 is 1.00 bits per heavy atom. The fraction of sp³-hybridized carbons (Fsp3) is 0.222. The average Bonchev–Trinajstić information content (AvgIpc) is 2.60. The van der Waals surface area contributed by atoms with E-state index in [1.54, 1.807) is 19.2 Å². The average molecular weight is 331 g/mol. The quantitative estimate of drug-likeness (QED) is 0.790. The Morgan fingerprint density at radius 2 is 1.62 bits per heavy atom. The third-order valence-corrected chi connectivity index (χ3v) is 3.27. The van der Waals surface area contributed by atoms with Crippen LogP contribution in [0.5, 0.6) is 5.75 Å². The molecule has 2 aromatic carbocycles. The number of nitrogens with one attached hydrogen (secondary N) is 1. The number of carbonyl (C=O) groups excluding carboxylic acids is 2. The molecule has 0 unspecified atom stereocenters. The molecule has 0 aliphatic carbocycles. The van der Waals surface area contributed by atoms with Gasteiger partial charge in [0, 0.05) is 6.54 Å². The van der Waals surface area contributed by atoms with Gasteiger partial charge in [-0.3, -0.25) is 9.59 Å². The molecule has 6 heteroatoms. The summed E-state index contributed by atoms with van der Waals surface area (Å²) >= 11 is 0. The van der Waals surface area contributed by atoms with E-state index in [1.807, 2.05) is 12.1 Å². The molecule has 0 fully saturated rings. The Balaban J connectivity index is 1.70. The first-order chi connectivity index (χ1) is 11.6. The molecule has 126 valence electrons. The summed E-state index contributed by atoms with van der Waals surface area (Å²) in [6.45, 7) is -0.0193. The van der Waals surface area contributed by atoms with E-state index in [4.69, 9.17) is 9.47 Å². The number of hydrogen-bond acceptors (Lipinski definition) is 4. The van der Waals surface area contributed by atoms with Crippen LogP contribution in [0.3, 0.4) is 0 Å². The van der Waals surface area contributed by atoms with Gasteiger partial charge >= 0.3 is 5.97 Å². The van der Waals surface area contributed by atoms with Crippen LogP contribution < -0.4 is 10.1 Å². The number of methoxy groups -OCH3 is 1. The van der Waals surface area contributed by atoms with Gasteiger partial charge in [0.25, 0.3) is 5.91 Å². The van der Waals surface area contributed by atoms with Gasteiger partial charge in [-0.15, -0.1) is 0 Å². The van der Waals surface area contributed by atoms with Crippen LogP contribution in [0.25, 0.3) is 0 Å². The first-order valence-corrected chi connectivity index (χ1v) is 7.36. The zero-order chi connectivity index (χ0) is 17.4. The zero-order valence-corrected chi connectivity index (χ0v) is 13.3.